The van der Waals surface area contributed by atoms with E-state index < -0.39 is 0 Å². The van der Waals surface area contributed by atoms with Gasteiger partial charge in [-0.05, 0) is 37.7 Å². The molecule has 0 saturated carbocycles. The van der Waals surface area contributed by atoms with Crippen LogP contribution in [0.1, 0.15) is 31.1 Å². The van der Waals surface area contributed by atoms with Crippen LogP contribution in [-0.2, 0) is 6.42 Å². The molecule has 3 nitrogen and oxygen atoms in total. The van der Waals surface area contributed by atoms with E-state index in [9.17, 15) is 0 Å². The summed E-state index contributed by atoms with van der Waals surface area (Å²) in [6.07, 6.45) is 2.62. The molecule has 0 aliphatic carbocycles. The fraction of sp³-hybridized carbons (Fsp3) is 0.353. The van der Waals surface area contributed by atoms with E-state index in [-0.39, 0.29) is 6.04 Å². The lowest BCUT2D eigenvalue weighted by Gasteiger charge is -2.18. The Labute approximate surface area is 134 Å². The van der Waals surface area contributed by atoms with E-state index in [4.69, 9.17) is 4.74 Å². The molecule has 2 aromatic rings. The molecule has 0 amide bonds. The molecule has 1 aromatic heterocycles. The number of rotatable bonds is 7. The molecule has 1 atom stereocenters. The summed E-state index contributed by atoms with van der Waals surface area (Å²) in [5.74, 6) is 0.925. The van der Waals surface area contributed by atoms with Crippen molar-refractivity contribution in [1.82, 2.24) is 10.3 Å². The molecule has 0 aliphatic rings. The molecule has 0 fully saturated rings. The third-order valence-electron chi connectivity index (χ3n) is 3.29. The predicted octanol–water partition coefficient (Wildman–Crippen LogP) is 4.14. The number of hydrogen-bond acceptors (Lipinski definition) is 3. The van der Waals surface area contributed by atoms with Crippen LogP contribution < -0.4 is 10.1 Å². The molecular weight excluding hydrogens is 328 g/mol. The van der Waals surface area contributed by atoms with Crippen LogP contribution in [0.25, 0.3) is 0 Å². The van der Waals surface area contributed by atoms with Crippen LogP contribution in [0.3, 0.4) is 0 Å². The summed E-state index contributed by atoms with van der Waals surface area (Å²) in [6.45, 7) is 5.82. The number of halogens is 1. The average Bonchev–Trinajstić information content (AvgIpc) is 2.49. The number of nitrogens with zero attached hydrogens (tertiary/aromatic N) is 1. The van der Waals surface area contributed by atoms with Gasteiger partial charge in [0.05, 0.1) is 6.61 Å². The van der Waals surface area contributed by atoms with Crippen LogP contribution in [0.15, 0.2) is 47.1 Å². The van der Waals surface area contributed by atoms with Crippen LogP contribution in [-0.4, -0.2) is 18.1 Å². The molecule has 21 heavy (non-hydrogen) atoms. The minimum atomic E-state index is 0.271. The quantitative estimate of drug-likeness (QED) is 0.816. The van der Waals surface area contributed by atoms with Crippen molar-refractivity contribution < 1.29 is 4.74 Å². The Morgan fingerprint density at radius 2 is 2.14 bits per heavy atom. The number of nitrogens with one attached hydrogen (secondary N) is 1. The van der Waals surface area contributed by atoms with Gasteiger partial charge >= 0.3 is 0 Å². The van der Waals surface area contributed by atoms with Gasteiger partial charge in [-0.1, -0.05) is 35.0 Å². The highest BCUT2D eigenvalue weighted by Crippen LogP contribution is 2.28. The Morgan fingerprint density at radius 3 is 2.86 bits per heavy atom. The molecule has 2 rings (SSSR count). The molecule has 0 bridgehead atoms. The summed E-state index contributed by atoms with van der Waals surface area (Å²) < 4.78 is 7.01. The van der Waals surface area contributed by atoms with Crippen LogP contribution >= 0.6 is 15.9 Å². The van der Waals surface area contributed by atoms with Gasteiger partial charge in [-0.3, -0.25) is 4.98 Å². The molecule has 1 aromatic carbocycles. The maximum Gasteiger partial charge on any atom is 0.125 e. The number of aromatic nitrogens is 1. The zero-order chi connectivity index (χ0) is 15.1. The van der Waals surface area contributed by atoms with E-state index >= 15 is 0 Å². The summed E-state index contributed by atoms with van der Waals surface area (Å²) in [7, 11) is 0. The van der Waals surface area contributed by atoms with Crippen LogP contribution in [0, 0.1) is 0 Å². The van der Waals surface area contributed by atoms with Gasteiger partial charge in [0.25, 0.3) is 0 Å². The van der Waals surface area contributed by atoms with E-state index in [0.29, 0.717) is 6.61 Å². The van der Waals surface area contributed by atoms with Gasteiger partial charge in [-0.15, -0.1) is 0 Å². The van der Waals surface area contributed by atoms with E-state index in [2.05, 4.69) is 52.2 Å². The summed E-state index contributed by atoms with van der Waals surface area (Å²) >= 11 is 3.51. The minimum absolute atomic E-state index is 0.271. The lowest BCUT2D eigenvalue weighted by molar-refractivity contribution is 0.314. The normalized spacial score (nSPS) is 12.1. The van der Waals surface area contributed by atoms with Crippen molar-refractivity contribution in [3.63, 3.8) is 0 Å². The number of benzene rings is 1. The maximum atomic E-state index is 5.98. The van der Waals surface area contributed by atoms with Gasteiger partial charge in [0.15, 0.2) is 0 Å². The summed E-state index contributed by atoms with van der Waals surface area (Å²) in [4.78, 5) is 4.31. The molecule has 0 aliphatic heterocycles. The fourth-order valence-electron chi connectivity index (χ4n) is 2.22. The molecule has 1 heterocycles. The first-order valence-electron chi connectivity index (χ1n) is 7.26. The fourth-order valence-corrected chi connectivity index (χ4v) is 2.56. The van der Waals surface area contributed by atoms with Gasteiger partial charge in [0, 0.05) is 34.4 Å². The van der Waals surface area contributed by atoms with Crippen molar-refractivity contribution in [3.05, 3.63) is 58.3 Å². The molecule has 4 heteroatoms. The Bertz CT molecular complexity index is 560. The van der Waals surface area contributed by atoms with Crippen molar-refractivity contribution in [2.24, 2.45) is 0 Å². The molecule has 112 valence electrons. The highest BCUT2D eigenvalue weighted by molar-refractivity contribution is 9.10. The third-order valence-corrected chi connectivity index (χ3v) is 3.79. The Balaban J connectivity index is 2.02. The molecule has 1 unspecified atom stereocenters. The topological polar surface area (TPSA) is 34.1 Å². The molecule has 0 saturated heterocycles. The second-order valence-electron chi connectivity index (χ2n) is 4.88. The standard InChI is InChI=1S/C17H21BrN2O/c1-3-19-13(2)16-8-7-14(18)12-17(16)21-11-9-15-6-4-5-10-20-15/h4-8,10,12-13,19H,3,9,11H2,1-2H3. The highest BCUT2D eigenvalue weighted by Gasteiger charge is 2.11. The van der Waals surface area contributed by atoms with Crippen LogP contribution in [0.2, 0.25) is 0 Å². The first-order chi connectivity index (χ1) is 10.2. The second kappa shape index (κ2) is 8.15. The van der Waals surface area contributed by atoms with Crippen molar-refractivity contribution in [2.75, 3.05) is 13.2 Å². The molecule has 0 spiro atoms. The lowest BCUT2D eigenvalue weighted by Crippen LogP contribution is -2.18. The molecule has 0 radical (unpaired) electrons. The third kappa shape index (κ3) is 4.83. The minimum Gasteiger partial charge on any atom is -0.493 e. The lowest BCUT2D eigenvalue weighted by atomic mass is 10.1. The molecular formula is C17H21BrN2O. The van der Waals surface area contributed by atoms with Crippen molar-refractivity contribution in [1.29, 1.82) is 0 Å². The van der Waals surface area contributed by atoms with E-state index in [1.165, 1.54) is 5.56 Å². The first kappa shape index (κ1) is 16.0. The van der Waals surface area contributed by atoms with Crippen molar-refractivity contribution in [2.45, 2.75) is 26.3 Å². The summed E-state index contributed by atoms with van der Waals surface area (Å²) in [6, 6.07) is 12.4. The zero-order valence-electron chi connectivity index (χ0n) is 12.5. The van der Waals surface area contributed by atoms with Crippen LogP contribution in [0.4, 0.5) is 0 Å². The number of pyridine rings is 1. The maximum absolute atomic E-state index is 5.98. The summed E-state index contributed by atoms with van der Waals surface area (Å²) in [5, 5.41) is 3.42. The van der Waals surface area contributed by atoms with E-state index in [0.717, 1.165) is 28.9 Å². The summed E-state index contributed by atoms with van der Waals surface area (Å²) in [5.41, 5.74) is 2.23. The van der Waals surface area contributed by atoms with E-state index in [1.54, 1.807) is 0 Å². The average molecular weight is 349 g/mol. The SMILES string of the molecule is CCNC(C)c1ccc(Br)cc1OCCc1ccccn1. The first-order valence-corrected chi connectivity index (χ1v) is 8.05. The van der Waals surface area contributed by atoms with Crippen molar-refractivity contribution in [3.8, 4) is 5.75 Å². The largest absolute Gasteiger partial charge is 0.493 e. The second-order valence-corrected chi connectivity index (χ2v) is 5.80. The monoisotopic (exact) mass is 348 g/mol. The van der Waals surface area contributed by atoms with Gasteiger partial charge in [0.2, 0.25) is 0 Å². The number of hydrogen-bond donors (Lipinski definition) is 1. The van der Waals surface area contributed by atoms with Gasteiger partial charge < -0.3 is 10.1 Å². The highest BCUT2D eigenvalue weighted by atomic mass is 79.9. The van der Waals surface area contributed by atoms with Gasteiger partial charge in [0.1, 0.15) is 5.75 Å². The Morgan fingerprint density at radius 1 is 1.29 bits per heavy atom. The van der Waals surface area contributed by atoms with Crippen LogP contribution in [0.5, 0.6) is 5.75 Å². The molecule has 1 N–H and O–H groups in total. The Kier molecular flexibility index (Phi) is 6.21. The smallest absolute Gasteiger partial charge is 0.125 e. The predicted molar refractivity (Wildman–Crippen MR) is 89.7 cm³/mol. The van der Waals surface area contributed by atoms with Gasteiger partial charge in [-0.2, -0.15) is 0 Å². The van der Waals surface area contributed by atoms with Gasteiger partial charge in [-0.25, -0.2) is 0 Å². The number of ether oxygens (including phenoxy) is 1. The zero-order valence-corrected chi connectivity index (χ0v) is 14.1. The Hall–Kier alpha value is -1.39. The van der Waals surface area contributed by atoms with Crippen molar-refractivity contribution >= 4 is 15.9 Å². The van der Waals surface area contributed by atoms with E-state index in [1.807, 2.05) is 30.5 Å².